The summed E-state index contributed by atoms with van der Waals surface area (Å²) in [6, 6.07) is 13.3. The molecule has 0 nitrogen and oxygen atoms in total. The quantitative estimate of drug-likeness (QED) is 0.739. The van der Waals surface area contributed by atoms with Crippen LogP contribution in [0, 0.1) is 0 Å². The van der Waals surface area contributed by atoms with Crippen LogP contribution >= 0.6 is 0 Å². The van der Waals surface area contributed by atoms with Crippen LogP contribution in [-0.4, -0.2) is 0 Å². The molecule has 0 amide bonds. The third-order valence-corrected chi connectivity index (χ3v) is 3.34. The third-order valence-electron chi connectivity index (χ3n) is 3.34. The highest BCUT2D eigenvalue weighted by Crippen LogP contribution is 2.30. The number of rotatable bonds is 1. The minimum absolute atomic E-state index is 0.0553. The summed E-state index contributed by atoms with van der Waals surface area (Å²) in [4.78, 5) is 0. The van der Waals surface area contributed by atoms with Gasteiger partial charge in [-0.1, -0.05) is 48.6 Å². The number of benzene rings is 2. The summed E-state index contributed by atoms with van der Waals surface area (Å²) in [6.45, 7) is 0. The van der Waals surface area contributed by atoms with Crippen molar-refractivity contribution in [2.45, 2.75) is 12.1 Å². The van der Waals surface area contributed by atoms with Gasteiger partial charge in [-0.25, -0.2) is 0 Å². The van der Waals surface area contributed by atoms with Crippen LogP contribution in [0.1, 0.15) is 17.0 Å². The predicted octanol–water partition coefficient (Wildman–Crippen LogP) is 3.06. The van der Waals surface area contributed by atoms with Crippen molar-refractivity contribution in [3.8, 4) is 0 Å². The standard InChI is InChI=1S/C16H11F3/c17-16(18,19)15-7-5-11(6-8-15)14-9-12-3-1-2-4-13(12)10-14/h1-10,14H. The van der Waals surface area contributed by atoms with Crippen molar-refractivity contribution < 1.29 is 13.2 Å². The molecule has 1 aliphatic rings. The smallest absolute Gasteiger partial charge is 0.166 e. The maximum absolute atomic E-state index is 12.5. The molecule has 2 aromatic rings. The Bertz CT molecular complexity index is 674. The molecule has 0 spiro atoms. The number of hydrogen-bond donors (Lipinski definition) is 0. The third kappa shape index (κ3) is 2.28. The van der Waals surface area contributed by atoms with Crippen molar-refractivity contribution >= 4 is 12.2 Å². The van der Waals surface area contributed by atoms with E-state index in [1.807, 2.05) is 24.3 Å². The van der Waals surface area contributed by atoms with Crippen LogP contribution in [0.4, 0.5) is 13.2 Å². The normalized spacial score (nSPS) is 14.7. The highest BCUT2D eigenvalue weighted by atomic mass is 19.4. The lowest BCUT2D eigenvalue weighted by atomic mass is 9.99. The molecule has 0 aliphatic heterocycles. The van der Waals surface area contributed by atoms with E-state index in [-0.39, 0.29) is 5.92 Å². The van der Waals surface area contributed by atoms with Gasteiger partial charge in [0.15, 0.2) is 0 Å². The molecule has 0 atom stereocenters. The Hall–Kier alpha value is -2.03. The molecule has 0 heterocycles. The summed E-state index contributed by atoms with van der Waals surface area (Å²) in [5, 5.41) is 2.26. The molecule has 19 heavy (non-hydrogen) atoms. The summed E-state index contributed by atoms with van der Waals surface area (Å²) in [5.74, 6) is 0.0553. The first-order valence-electron chi connectivity index (χ1n) is 6.00. The molecule has 0 unspecified atom stereocenters. The number of alkyl halides is 3. The highest BCUT2D eigenvalue weighted by Gasteiger charge is 2.30. The van der Waals surface area contributed by atoms with Gasteiger partial charge in [0.25, 0.3) is 0 Å². The average Bonchev–Trinajstić information content (AvgIpc) is 2.81. The Balaban J connectivity index is 1.95. The first-order valence-corrected chi connectivity index (χ1v) is 6.00. The van der Waals surface area contributed by atoms with Crippen molar-refractivity contribution in [2.75, 3.05) is 0 Å². The summed E-state index contributed by atoms with van der Waals surface area (Å²) < 4.78 is 37.5. The summed E-state index contributed by atoms with van der Waals surface area (Å²) in [5.41, 5.74) is 0.274. The van der Waals surface area contributed by atoms with Crippen LogP contribution in [0.3, 0.4) is 0 Å². The summed E-state index contributed by atoms with van der Waals surface area (Å²) >= 11 is 0. The Morgan fingerprint density at radius 3 is 1.74 bits per heavy atom. The van der Waals surface area contributed by atoms with Crippen LogP contribution in [0.15, 0.2) is 48.5 Å². The average molecular weight is 260 g/mol. The van der Waals surface area contributed by atoms with Crippen molar-refractivity contribution in [3.63, 3.8) is 0 Å². The van der Waals surface area contributed by atoms with Gasteiger partial charge in [0, 0.05) is 5.92 Å². The SMILES string of the molecule is FC(F)(F)c1ccc(C2C=c3ccccc3=C2)cc1. The molecular formula is C16H11F3. The van der Waals surface area contributed by atoms with Gasteiger partial charge >= 0.3 is 6.18 Å². The van der Waals surface area contributed by atoms with E-state index in [2.05, 4.69) is 12.2 Å². The van der Waals surface area contributed by atoms with Gasteiger partial charge in [0.05, 0.1) is 5.56 Å². The first-order chi connectivity index (χ1) is 9.04. The Morgan fingerprint density at radius 2 is 1.26 bits per heavy atom. The maximum atomic E-state index is 12.5. The second-order valence-electron chi connectivity index (χ2n) is 4.61. The van der Waals surface area contributed by atoms with E-state index >= 15 is 0 Å². The van der Waals surface area contributed by atoms with Crippen molar-refractivity contribution in [1.82, 2.24) is 0 Å². The van der Waals surface area contributed by atoms with Gasteiger partial charge in [-0.2, -0.15) is 13.2 Å². The Kier molecular flexibility index (Phi) is 2.70. The second kappa shape index (κ2) is 4.26. The van der Waals surface area contributed by atoms with Crippen molar-refractivity contribution in [1.29, 1.82) is 0 Å². The molecule has 0 aromatic heterocycles. The fraction of sp³-hybridized carbons (Fsp3) is 0.125. The van der Waals surface area contributed by atoms with Crippen LogP contribution < -0.4 is 10.4 Å². The van der Waals surface area contributed by atoms with Gasteiger partial charge < -0.3 is 0 Å². The van der Waals surface area contributed by atoms with E-state index in [9.17, 15) is 13.2 Å². The van der Waals surface area contributed by atoms with Gasteiger partial charge in [-0.3, -0.25) is 0 Å². The molecule has 0 saturated carbocycles. The zero-order chi connectivity index (χ0) is 13.5. The zero-order valence-corrected chi connectivity index (χ0v) is 9.98. The Labute approximate surface area is 108 Å². The van der Waals surface area contributed by atoms with Crippen LogP contribution in [0.5, 0.6) is 0 Å². The number of fused-ring (bicyclic) bond motifs is 1. The molecule has 96 valence electrons. The lowest BCUT2D eigenvalue weighted by Gasteiger charge is -2.09. The lowest BCUT2D eigenvalue weighted by molar-refractivity contribution is -0.137. The minimum atomic E-state index is -4.27. The van der Waals surface area contributed by atoms with Gasteiger partial charge in [0.2, 0.25) is 0 Å². The lowest BCUT2D eigenvalue weighted by Crippen LogP contribution is -2.19. The summed E-state index contributed by atoms with van der Waals surface area (Å²) in [6.07, 6.45) is -0.138. The minimum Gasteiger partial charge on any atom is -0.166 e. The second-order valence-corrected chi connectivity index (χ2v) is 4.61. The van der Waals surface area contributed by atoms with Crippen LogP contribution in [-0.2, 0) is 6.18 Å². The topological polar surface area (TPSA) is 0 Å². The fourth-order valence-corrected chi connectivity index (χ4v) is 2.34. The molecule has 0 radical (unpaired) electrons. The van der Waals surface area contributed by atoms with Gasteiger partial charge in [0.1, 0.15) is 0 Å². The van der Waals surface area contributed by atoms with Crippen LogP contribution in [0.2, 0.25) is 0 Å². The fourth-order valence-electron chi connectivity index (χ4n) is 2.34. The van der Waals surface area contributed by atoms with Crippen molar-refractivity contribution in [2.24, 2.45) is 0 Å². The summed E-state index contributed by atoms with van der Waals surface area (Å²) in [7, 11) is 0. The van der Waals surface area contributed by atoms with E-state index in [0.29, 0.717) is 0 Å². The maximum Gasteiger partial charge on any atom is 0.416 e. The molecule has 3 rings (SSSR count). The van der Waals surface area contributed by atoms with E-state index in [0.717, 1.165) is 28.1 Å². The van der Waals surface area contributed by atoms with E-state index in [1.54, 1.807) is 12.1 Å². The van der Waals surface area contributed by atoms with E-state index in [1.165, 1.54) is 0 Å². The zero-order valence-electron chi connectivity index (χ0n) is 9.98. The molecule has 2 aromatic carbocycles. The molecule has 0 bridgehead atoms. The van der Waals surface area contributed by atoms with Crippen molar-refractivity contribution in [3.05, 3.63) is 70.1 Å². The first kappa shape index (κ1) is 12.0. The number of hydrogen-bond acceptors (Lipinski definition) is 0. The van der Waals surface area contributed by atoms with Crippen LogP contribution in [0.25, 0.3) is 12.2 Å². The molecular weight excluding hydrogens is 249 g/mol. The monoisotopic (exact) mass is 260 g/mol. The van der Waals surface area contributed by atoms with Gasteiger partial charge in [-0.05, 0) is 28.1 Å². The molecule has 0 N–H and O–H groups in total. The molecule has 0 saturated heterocycles. The molecule has 1 aliphatic carbocycles. The van der Waals surface area contributed by atoms with Gasteiger partial charge in [-0.15, -0.1) is 0 Å². The molecule has 0 fully saturated rings. The largest absolute Gasteiger partial charge is 0.416 e. The predicted molar refractivity (Wildman–Crippen MR) is 68.8 cm³/mol. The highest BCUT2D eigenvalue weighted by molar-refractivity contribution is 5.60. The molecule has 3 heteroatoms. The Morgan fingerprint density at radius 1 is 0.737 bits per heavy atom. The number of halogens is 3. The van der Waals surface area contributed by atoms with E-state index in [4.69, 9.17) is 0 Å². The van der Waals surface area contributed by atoms with E-state index < -0.39 is 11.7 Å².